The van der Waals surface area contributed by atoms with Crippen molar-refractivity contribution >= 4 is 21.7 Å². The fourth-order valence-electron chi connectivity index (χ4n) is 0.961. The average molecular weight is 269 g/mol. The van der Waals surface area contributed by atoms with Crippen molar-refractivity contribution < 1.29 is 31.5 Å². The van der Waals surface area contributed by atoms with Gasteiger partial charge < -0.3 is 5.11 Å². The molecule has 94 valence electrons. The topological polar surface area (TPSA) is 83.5 Å². The summed E-state index contributed by atoms with van der Waals surface area (Å²) in [5.41, 5.74) is -1.27. The standard InChI is InChI=1S/C8H6F3NO4S/c9-6-2-1-4(3-5(6)7(13)14)12-17(15,16)8(10)11/h1-3,8,12H,(H,13,14). The number of anilines is 1. The van der Waals surface area contributed by atoms with Crippen molar-refractivity contribution in [3.8, 4) is 0 Å². The van der Waals surface area contributed by atoms with E-state index in [1.54, 1.807) is 0 Å². The van der Waals surface area contributed by atoms with Gasteiger partial charge in [-0.2, -0.15) is 8.78 Å². The van der Waals surface area contributed by atoms with Crippen molar-refractivity contribution in [1.82, 2.24) is 0 Å². The summed E-state index contributed by atoms with van der Waals surface area (Å²) in [7, 11) is -4.91. The number of hydrogen-bond donors (Lipinski definition) is 2. The second-order valence-corrected chi connectivity index (χ2v) is 4.56. The van der Waals surface area contributed by atoms with Gasteiger partial charge in [0.15, 0.2) is 0 Å². The number of halogens is 3. The lowest BCUT2D eigenvalue weighted by atomic mass is 10.2. The van der Waals surface area contributed by atoms with E-state index in [0.29, 0.717) is 12.1 Å². The molecule has 0 atom stereocenters. The molecule has 0 fully saturated rings. The van der Waals surface area contributed by atoms with E-state index in [4.69, 9.17) is 5.11 Å². The van der Waals surface area contributed by atoms with Crippen molar-refractivity contribution in [3.63, 3.8) is 0 Å². The van der Waals surface area contributed by atoms with Crippen molar-refractivity contribution in [2.24, 2.45) is 0 Å². The van der Waals surface area contributed by atoms with Crippen LogP contribution in [-0.2, 0) is 10.0 Å². The second kappa shape index (κ2) is 4.62. The lowest BCUT2D eigenvalue weighted by molar-refractivity contribution is 0.0692. The van der Waals surface area contributed by atoms with E-state index < -0.39 is 38.8 Å². The SMILES string of the molecule is O=C(O)c1cc(NS(=O)(=O)C(F)F)ccc1F. The predicted molar refractivity (Wildman–Crippen MR) is 51.9 cm³/mol. The molecule has 0 bridgehead atoms. The highest BCUT2D eigenvalue weighted by molar-refractivity contribution is 7.93. The van der Waals surface area contributed by atoms with Gasteiger partial charge in [-0.1, -0.05) is 0 Å². The quantitative estimate of drug-likeness (QED) is 0.867. The van der Waals surface area contributed by atoms with Gasteiger partial charge in [-0.15, -0.1) is 0 Å². The van der Waals surface area contributed by atoms with Crippen LogP contribution in [0.4, 0.5) is 18.9 Å². The number of hydrogen-bond acceptors (Lipinski definition) is 3. The monoisotopic (exact) mass is 269 g/mol. The minimum Gasteiger partial charge on any atom is -0.478 e. The summed E-state index contributed by atoms with van der Waals surface area (Å²) in [6.45, 7) is 0. The molecule has 5 nitrogen and oxygen atoms in total. The number of carboxylic acid groups (broad SMARTS) is 1. The highest BCUT2D eigenvalue weighted by atomic mass is 32.2. The summed E-state index contributed by atoms with van der Waals surface area (Å²) in [5, 5.41) is 8.53. The van der Waals surface area contributed by atoms with Crippen LogP contribution in [0.3, 0.4) is 0 Å². The van der Waals surface area contributed by atoms with E-state index in [0.717, 1.165) is 6.07 Å². The highest BCUT2D eigenvalue weighted by Gasteiger charge is 2.24. The van der Waals surface area contributed by atoms with Gasteiger partial charge in [-0.05, 0) is 18.2 Å². The normalized spacial score (nSPS) is 11.5. The van der Waals surface area contributed by atoms with Crippen LogP contribution in [0.15, 0.2) is 18.2 Å². The number of sulfonamides is 1. The molecule has 9 heteroatoms. The Hall–Kier alpha value is -1.77. The van der Waals surface area contributed by atoms with Gasteiger partial charge in [0.25, 0.3) is 10.0 Å². The Labute approximate surface area is 93.9 Å². The Morgan fingerprint density at radius 1 is 1.35 bits per heavy atom. The molecule has 0 aliphatic carbocycles. The van der Waals surface area contributed by atoms with E-state index in [1.165, 1.54) is 4.72 Å². The number of carbonyl (C=O) groups is 1. The second-order valence-electron chi connectivity index (χ2n) is 2.91. The number of carboxylic acids is 1. The number of aromatic carboxylic acids is 1. The van der Waals surface area contributed by atoms with Crippen LogP contribution in [-0.4, -0.2) is 25.3 Å². The Kier molecular flexibility index (Phi) is 3.61. The fraction of sp³-hybridized carbons (Fsp3) is 0.125. The molecule has 0 saturated heterocycles. The van der Waals surface area contributed by atoms with Crippen molar-refractivity contribution in [2.45, 2.75) is 5.76 Å². The van der Waals surface area contributed by atoms with Crippen LogP contribution >= 0.6 is 0 Å². The minimum absolute atomic E-state index is 0.455. The molecular formula is C8H6F3NO4S. The molecular weight excluding hydrogens is 263 g/mol. The zero-order valence-corrected chi connectivity index (χ0v) is 8.84. The zero-order valence-electron chi connectivity index (χ0n) is 8.02. The maximum Gasteiger partial charge on any atom is 0.355 e. The van der Waals surface area contributed by atoms with E-state index >= 15 is 0 Å². The molecule has 1 aromatic carbocycles. The smallest absolute Gasteiger partial charge is 0.355 e. The number of alkyl halides is 2. The lowest BCUT2D eigenvalue weighted by Gasteiger charge is -2.07. The van der Waals surface area contributed by atoms with Crippen molar-refractivity contribution in [2.75, 3.05) is 4.72 Å². The predicted octanol–water partition coefficient (Wildman–Crippen LogP) is 1.49. The molecule has 1 aromatic rings. The summed E-state index contributed by atoms with van der Waals surface area (Å²) < 4.78 is 59.9. The molecule has 0 amide bonds. The van der Waals surface area contributed by atoms with Gasteiger partial charge >= 0.3 is 11.7 Å². The van der Waals surface area contributed by atoms with Crippen LogP contribution in [0.25, 0.3) is 0 Å². The largest absolute Gasteiger partial charge is 0.478 e. The van der Waals surface area contributed by atoms with Gasteiger partial charge in [0, 0.05) is 5.69 Å². The maximum atomic E-state index is 12.9. The highest BCUT2D eigenvalue weighted by Crippen LogP contribution is 2.18. The number of benzene rings is 1. The van der Waals surface area contributed by atoms with E-state index in [2.05, 4.69) is 0 Å². The first-order valence-electron chi connectivity index (χ1n) is 4.06. The van der Waals surface area contributed by atoms with Crippen LogP contribution in [0, 0.1) is 5.82 Å². The molecule has 0 heterocycles. The molecule has 0 spiro atoms. The summed E-state index contributed by atoms with van der Waals surface area (Å²) in [4.78, 5) is 10.5. The number of rotatable bonds is 4. The first kappa shape index (κ1) is 13.3. The van der Waals surface area contributed by atoms with Crippen LogP contribution in [0.2, 0.25) is 0 Å². The molecule has 0 aliphatic rings. The Morgan fingerprint density at radius 2 is 1.94 bits per heavy atom. The Morgan fingerprint density at radius 3 is 2.41 bits per heavy atom. The fourth-order valence-corrected chi connectivity index (χ4v) is 1.51. The molecule has 0 aromatic heterocycles. The van der Waals surface area contributed by atoms with Crippen LogP contribution < -0.4 is 4.72 Å². The summed E-state index contributed by atoms with van der Waals surface area (Å²) in [6, 6.07) is 2.10. The first-order valence-corrected chi connectivity index (χ1v) is 5.61. The molecule has 17 heavy (non-hydrogen) atoms. The van der Waals surface area contributed by atoms with Gasteiger partial charge in [0.1, 0.15) is 5.82 Å². The Balaban J connectivity index is 3.10. The summed E-state index contributed by atoms with van der Waals surface area (Å²) in [5.74, 6) is -6.40. The van der Waals surface area contributed by atoms with Crippen molar-refractivity contribution in [1.29, 1.82) is 0 Å². The lowest BCUT2D eigenvalue weighted by Crippen LogP contribution is -2.20. The average Bonchev–Trinajstić information content (AvgIpc) is 2.20. The third kappa shape index (κ3) is 3.09. The van der Waals surface area contributed by atoms with Gasteiger partial charge in [-0.3, -0.25) is 4.72 Å². The minimum atomic E-state index is -4.91. The molecule has 0 saturated carbocycles. The summed E-state index contributed by atoms with van der Waals surface area (Å²) in [6.07, 6.45) is 0. The van der Waals surface area contributed by atoms with Crippen LogP contribution in [0.5, 0.6) is 0 Å². The molecule has 2 N–H and O–H groups in total. The third-order valence-corrected chi connectivity index (χ3v) is 2.68. The molecule has 0 aliphatic heterocycles. The van der Waals surface area contributed by atoms with Gasteiger partial charge in [-0.25, -0.2) is 17.6 Å². The third-order valence-electron chi connectivity index (χ3n) is 1.69. The molecule has 0 radical (unpaired) electrons. The Bertz CT molecular complexity index is 544. The van der Waals surface area contributed by atoms with Crippen molar-refractivity contribution in [3.05, 3.63) is 29.6 Å². The zero-order chi connectivity index (χ0) is 13.2. The van der Waals surface area contributed by atoms with E-state index in [-0.39, 0.29) is 0 Å². The van der Waals surface area contributed by atoms with E-state index in [1.807, 2.05) is 0 Å². The first-order chi connectivity index (χ1) is 7.74. The molecule has 1 rings (SSSR count). The van der Waals surface area contributed by atoms with E-state index in [9.17, 15) is 26.4 Å². The summed E-state index contributed by atoms with van der Waals surface area (Å²) >= 11 is 0. The maximum absolute atomic E-state index is 12.9. The van der Waals surface area contributed by atoms with Gasteiger partial charge in [0.2, 0.25) is 0 Å². The van der Waals surface area contributed by atoms with Crippen LogP contribution in [0.1, 0.15) is 10.4 Å². The van der Waals surface area contributed by atoms with Gasteiger partial charge in [0.05, 0.1) is 5.56 Å². The molecule has 0 unspecified atom stereocenters. The number of nitrogens with one attached hydrogen (secondary N) is 1.